The molecule has 20 heavy (non-hydrogen) atoms. The molecule has 5 nitrogen and oxygen atoms in total. The lowest BCUT2D eigenvalue weighted by Gasteiger charge is -2.17. The van der Waals surface area contributed by atoms with Gasteiger partial charge in [0, 0.05) is 29.7 Å². The summed E-state index contributed by atoms with van der Waals surface area (Å²) in [5.74, 6) is 0. The van der Waals surface area contributed by atoms with Gasteiger partial charge in [0.1, 0.15) is 11.6 Å². The fourth-order valence-corrected chi connectivity index (χ4v) is 2.10. The van der Waals surface area contributed by atoms with E-state index in [9.17, 15) is 0 Å². The first kappa shape index (κ1) is 13.1. The summed E-state index contributed by atoms with van der Waals surface area (Å²) in [5, 5.41) is 3.15. The molecule has 104 valence electrons. The summed E-state index contributed by atoms with van der Waals surface area (Å²) >= 11 is 6.03. The van der Waals surface area contributed by atoms with E-state index in [1.165, 1.54) is 6.20 Å². The number of anilines is 1. The van der Waals surface area contributed by atoms with Gasteiger partial charge in [-0.2, -0.15) is 0 Å². The molecule has 3 heterocycles. The van der Waals surface area contributed by atoms with Crippen molar-refractivity contribution in [3.63, 3.8) is 0 Å². The highest BCUT2D eigenvalue weighted by molar-refractivity contribution is 6.23. The molecular formula is C14H15ClN4O. The molecule has 0 aliphatic carbocycles. The van der Waals surface area contributed by atoms with E-state index in [0.29, 0.717) is 6.54 Å². The van der Waals surface area contributed by atoms with Crippen LogP contribution in [0.15, 0.2) is 29.5 Å². The lowest BCUT2D eigenvalue weighted by molar-refractivity contribution is 0.413. The first-order chi connectivity index (χ1) is 9.76. The first-order valence-electron chi connectivity index (χ1n) is 6.39. The van der Waals surface area contributed by atoms with E-state index in [2.05, 4.69) is 15.3 Å². The predicted molar refractivity (Wildman–Crippen MR) is 81.8 cm³/mol. The first-order valence-corrected chi connectivity index (χ1v) is 6.82. The molecule has 0 amide bonds. The molecule has 2 aliphatic rings. The Hall–Kier alpha value is -1.85. The van der Waals surface area contributed by atoms with Crippen LogP contribution in [0.3, 0.4) is 0 Å². The summed E-state index contributed by atoms with van der Waals surface area (Å²) < 4.78 is 5.11. The van der Waals surface area contributed by atoms with Gasteiger partial charge in [0.2, 0.25) is 0 Å². The maximum absolute atomic E-state index is 6.03. The average molecular weight is 291 g/mol. The molecule has 3 N–H and O–H groups in total. The molecule has 0 spiro atoms. The average Bonchev–Trinajstić information content (AvgIpc) is 3.27. The lowest BCUT2D eigenvalue weighted by Crippen LogP contribution is -2.14. The maximum Gasteiger partial charge on any atom is 0.120 e. The number of nitrogens with one attached hydrogen (secondary N) is 1. The van der Waals surface area contributed by atoms with Gasteiger partial charge in [-0.1, -0.05) is 11.6 Å². The molecule has 0 bridgehead atoms. The maximum atomic E-state index is 6.03. The Morgan fingerprint density at radius 2 is 2.50 bits per heavy atom. The van der Waals surface area contributed by atoms with Crippen LogP contribution in [-0.2, 0) is 4.74 Å². The molecule has 1 aromatic rings. The molecule has 1 fully saturated rings. The van der Waals surface area contributed by atoms with E-state index in [-0.39, 0.29) is 11.6 Å². The fourth-order valence-electron chi connectivity index (χ4n) is 1.91. The highest BCUT2D eigenvalue weighted by Gasteiger charge is 2.21. The van der Waals surface area contributed by atoms with Crippen LogP contribution in [0, 0.1) is 0 Å². The molecule has 0 saturated carbocycles. The number of nitrogens with zero attached hydrogens (tertiary/aromatic N) is 2. The van der Waals surface area contributed by atoms with Crippen LogP contribution in [0.4, 0.5) is 5.69 Å². The smallest absolute Gasteiger partial charge is 0.120 e. The molecular weight excluding hydrogens is 276 g/mol. The number of alkyl halides is 1. The van der Waals surface area contributed by atoms with Crippen LogP contribution in [0.25, 0.3) is 11.6 Å². The van der Waals surface area contributed by atoms with E-state index >= 15 is 0 Å². The number of fused-ring (bicyclic) bond motifs is 1. The minimum absolute atomic E-state index is 0.217. The zero-order chi connectivity index (χ0) is 13.9. The van der Waals surface area contributed by atoms with Crippen molar-refractivity contribution in [1.82, 2.24) is 4.98 Å². The summed E-state index contributed by atoms with van der Waals surface area (Å²) in [6.45, 7) is 1.47. The third-order valence-corrected chi connectivity index (χ3v) is 3.34. The Kier molecular flexibility index (Phi) is 3.71. The Morgan fingerprint density at radius 3 is 3.25 bits per heavy atom. The largest absolute Gasteiger partial charge is 0.404 e. The van der Waals surface area contributed by atoms with Gasteiger partial charge in [-0.15, -0.1) is 0 Å². The van der Waals surface area contributed by atoms with Gasteiger partial charge in [-0.3, -0.25) is 9.98 Å². The van der Waals surface area contributed by atoms with Gasteiger partial charge < -0.3 is 15.8 Å². The molecule has 0 aromatic carbocycles. The number of epoxide rings is 1. The third kappa shape index (κ3) is 3.00. The van der Waals surface area contributed by atoms with Crippen molar-refractivity contribution in [2.24, 2.45) is 10.7 Å². The van der Waals surface area contributed by atoms with Crippen LogP contribution >= 0.6 is 11.6 Å². The number of aliphatic imine (C=N–C) groups is 1. The number of rotatable bonds is 4. The fraction of sp³-hybridized carbons (Fsp3) is 0.286. The molecule has 6 heteroatoms. The monoisotopic (exact) mass is 290 g/mol. The number of allylic oxidation sites excluding steroid dienone is 1. The molecule has 2 atom stereocenters. The number of ether oxygens (including phenoxy) is 1. The molecule has 1 saturated heterocycles. The summed E-state index contributed by atoms with van der Waals surface area (Å²) in [6.07, 6.45) is 9.08. The van der Waals surface area contributed by atoms with E-state index in [4.69, 9.17) is 22.1 Å². The number of hydrogen-bond donors (Lipinski definition) is 2. The van der Waals surface area contributed by atoms with Crippen molar-refractivity contribution in [1.29, 1.82) is 0 Å². The molecule has 0 radical (unpaired) electrons. The van der Waals surface area contributed by atoms with Gasteiger partial charge in [0.05, 0.1) is 24.5 Å². The SMILES string of the molecule is NC=C(C=NCC1CO1)c1cnc2c(c1)NC(Cl)C=C2. The number of halogens is 1. The van der Waals surface area contributed by atoms with E-state index < -0.39 is 0 Å². The topological polar surface area (TPSA) is 75.8 Å². The van der Waals surface area contributed by atoms with Crippen molar-refractivity contribution < 1.29 is 4.74 Å². The molecule has 2 aliphatic heterocycles. The summed E-state index contributed by atoms with van der Waals surface area (Å²) in [6, 6.07) is 1.97. The normalized spacial score (nSPS) is 24.6. The van der Waals surface area contributed by atoms with Gasteiger partial charge >= 0.3 is 0 Å². The summed E-state index contributed by atoms with van der Waals surface area (Å²) in [4.78, 5) is 8.71. The number of aromatic nitrogens is 1. The van der Waals surface area contributed by atoms with Crippen LogP contribution < -0.4 is 11.1 Å². The van der Waals surface area contributed by atoms with Crippen molar-refractivity contribution in [2.75, 3.05) is 18.5 Å². The lowest BCUT2D eigenvalue weighted by atomic mass is 10.1. The Labute approximate surface area is 122 Å². The molecule has 2 unspecified atom stereocenters. The van der Waals surface area contributed by atoms with E-state index in [0.717, 1.165) is 29.1 Å². The highest BCUT2D eigenvalue weighted by Crippen LogP contribution is 2.25. The predicted octanol–water partition coefficient (Wildman–Crippen LogP) is 1.85. The van der Waals surface area contributed by atoms with E-state index in [1.807, 2.05) is 18.2 Å². The zero-order valence-corrected chi connectivity index (χ0v) is 11.5. The van der Waals surface area contributed by atoms with Crippen molar-refractivity contribution in [3.05, 3.63) is 35.8 Å². The number of pyridine rings is 1. The summed E-state index contributed by atoms with van der Waals surface area (Å²) in [5.41, 5.74) is 8.93. The van der Waals surface area contributed by atoms with E-state index in [1.54, 1.807) is 12.4 Å². The van der Waals surface area contributed by atoms with Gasteiger partial charge in [-0.25, -0.2) is 0 Å². The highest BCUT2D eigenvalue weighted by atomic mass is 35.5. The Morgan fingerprint density at radius 1 is 1.65 bits per heavy atom. The van der Waals surface area contributed by atoms with Crippen molar-refractivity contribution in [3.8, 4) is 0 Å². The standard InChI is InChI=1S/C14H15ClN4O/c15-14-2-1-12-13(19-14)3-9(6-18-12)10(4-16)5-17-7-11-8-20-11/h1-6,11,14,19H,7-8,16H2. The number of hydrogen-bond acceptors (Lipinski definition) is 5. The second-order valence-electron chi connectivity index (χ2n) is 4.63. The minimum Gasteiger partial charge on any atom is -0.404 e. The summed E-state index contributed by atoms with van der Waals surface area (Å²) in [7, 11) is 0. The second kappa shape index (κ2) is 5.64. The second-order valence-corrected chi connectivity index (χ2v) is 5.10. The third-order valence-electron chi connectivity index (χ3n) is 3.09. The van der Waals surface area contributed by atoms with Crippen LogP contribution in [0.2, 0.25) is 0 Å². The van der Waals surface area contributed by atoms with Crippen LogP contribution in [0.1, 0.15) is 11.3 Å². The van der Waals surface area contributed by atoms with Gasteiger partial charge in [0.25, 0.3) is 0 Å². The Bertz CT molecular complexity index is 593. The molecule has 3 rings (SSSR count). The quantitative estimate of drug-likeness (QED) is 0.384. The van der Waals surface area contributed by atoms with Crippen LogP contribution in [-0.4, -0.2) is 36.0 Å². The van der Waals surface area contributed by atoms with Crippen molar-refractivity contribution >= 4 is 35.2 Å². The Balaban J connectivity index is 1.79. The van der Waals surface area contributed by atoms with Crippen molar-refractivity contribution in [2.45, 2.75) is 11.6 Å². The van der Waals surface area contributed by atoms with Gasteiger partial charge in [-0.05, 0) is 18.2 Å². The van der Waals surface area contributed by atoms with Crippen LogP contribution in [0.5, 0.6) is 0 Å². The number of nitrogens with two attached hydrogens (primary N) is 1. The molecule has 1 aromatic heterocycles. The minimum atomic E-state index is -0.217. The zero-order valence-electron chi connectivity index (χ0n) is 10.8. The van der Waals surface area contributed by atoms with Gasteiger partial charge in [0.15, 0.2) is 0 Å².